The van der Waals surface area contributed by atoms with E-state index in [-0.39, 0.29) is 24.2 Å². The number of aromatic nitrogens is 2. The van der Waals surface area contributed by atoms with E-state index in [4.69, 9.17) is 5.26 Å². The SMILES string of the molecule is CC(C)C(=O)Nc1nc(CC(=O)Nc2ncc(Cc3ccc(C#N)cc3)s2)cs1. The Morgan fingerprint density at radius 2 is 1.93 bits per heavy atom. The van der Waals surface area contributed by atoms with E-state index in [2.05, 4.69) is 26.7 Å². The van der Waals surface area contributed by atoms with Crippen molar-refractivity contribution in [3.05, 3.63) is 57.5 Å². The van der Waals surface area contributed by atoms with Crippen LogP contribution in [0.1, 0.15) is 35.5 Å². The maximum absolute atomic E-state index is 12.3. The van der Waals surface area contributed by atoms with Crippen molar-refractivity contribution in [3.63, 3.8) is 0 Å². The molecule has 148 valence electrons. The number of hydrogen-bond acceptors (Lipinski definition) is 7. The van der Waals surface area contributed by atoms with E-state index in [1.54, 1.807) is 37.6 Å². The molecule has 0 unspecified atom stereocenters. The fourth-order valence-electron chi connectivity index (χ4n) is 2.37. The highest BCUT2D eigenvalue weighted by atomic mass is 32.1. The van der Waals surface area contributed by atoms with Crippen molar-refractivity contribution in [1.29, 1.82) is 5.26 Å². The van der Waals surface area contributed by atoms with E-state index in [0.717, 1.165) is 10.4 Å². The first-order chi connectivity index (χ1) is 13.9. The van der Waals surface area contributed by atoms with Crippen LogP contribution in [0, 0.1) is 17.2 Å². The van der Waals surface area contributed by atoms with E-state index < -0.39 is 0 Å². The third-order valence-electron chi connectivity index (χ3n) is 3.91. The molecule has 7 nitrogen and oxygen atoms in total. The summed E-state index contributed by atoms with van der Waals surface area (Å²) in [6, 6.07) is 9.48. The maximum Gasteiger partial charge on any atom is 0.232 e. The molecule has 0 atom stereocenters. The number of hydrogen-bond donors (Lipinski definition) is 2. The molecule has 0 spiro atoms. The molecular weight excluding hydrogens is 406 g/mol. The summed E-state index contributed by atoms with van der Waals surface area (Å²) in [6.45, 7) is 3.61. The van der Waals surface area contributed by atoms with Gasteiger partial charge in [0.05, 0.1) is 23.7 Å². The first kappa shape index (κ1) is 20.6. The van der Waals surface area contributed by atoms with Gasteiger partial charge in [0.15, 0.2) is 10.3 Å². The lowest BCUT2D eigenvalue weighted by atomic mass is 10.1. The van der Waals surface area contributed by atoms with Crippen LogP contribution >= 0.6 is 22.7 Å². The zero-order chi connectivity index (χ0) is 20.8. The van der Waals surface area contributed by atoms with E-state index in [1.165, 1.54) is 22.7 Å². The summed E-state index contributed by atoms with van der Waals surface area (Å²) in [5, 5.41) is 17.1. The average molecular weight is 426 g/mol. The highest BCUT2D eigenvalue weighted by Gasteiger charge is 2.13. The van der Waals surface area contributed by atoms with Gasteiger partial charge in [0.2, 0.25) is 11.8 Å². The van der Waals surface area contributed by atoms with Crippen molar-refractivity contribution >= 4 is 44.8 Å². The van der Waals surface area contributed by atoms with Crippen LogP contribution in [0.3, 0.4) is 0 Å². The quantitative estimate of drug-likeness (QED) is 0.598. The van der Waals surface area contributed by atoms with Crippen LogP contribution in [-0.2, 0) is 22.4 Å². The summed E-state index contributed by atoms with van der Waals surface area (Å²) in [5.74, 6) is -0.446. The molecule has 3 rings (SSSR count). The van der Waals surface area contributed by atoms with Gasteiger partial charge < -0.3 is 10.6 Å². The molecule has 1 aromatic carbocycles. The van der Waals surface area contributed by atoms with Crippen molar-refractivity contribution in [2.24, 2.45) is 5.92 Å². The Morgan fingerprint density at radius 1 is 1.17 bits per heavy atom. The van der Waals surface area contributed by atoms with Crippen LogP contribution in [0.2, 0.25) is 0 Å². The molecule has 29 heavy (non-hydrogen) atoms. The number of nitriles is 1. The predicted octanol–water partition coefficient (Wildman–Crippen LogP) is 3.84. The van der Waals surface area contributed by atoms with Gasteiger partial charge in [-0.2, -0.15) is 5.26 Å². The summed E-state index contributed by atoms with van der Waals surface area (Å²) in [4.78, 5) is 33.5. The number of carbonyl (C=O) groups excluding carboxylic acids is 2. The highest BCUT2D eigenvalue weighted by molar-refractivity contribution is 7.15. The molecule has 3 aromatic rings. The van der Waals surface area contributed by atoms with Crippen LogP contribution in [0.4, 0.5) is 10.3 Å². The van der Waals surface area contributed by atoms with Gasteiger partial charge in [-0.1, -0.05) is 26.0 Å². The number of anilines is 2. The molecule has 0 saturated heterocycles. The molecule has 0 aliphatic carbocycles. The van der Waals surface area contributed by atoms with Crippen molar-refractivity contribution in [2.75, 3.05) is 10.6 Å². The minimum absolute atomic E-state index is 0.104. The molecular formula is C20H19N5O2S2. The standard InChI is InChI=1S/C20H19N5O2S2/c1-12(2)18(27)25-20-23-15(11-28-20)8-17(26)24-19-22-10-16(29-19)7-13-3-5-14(9-21)6-4-13/h3-6,10-12H,7-8H2,1-2H3,(H,22,24,26)(H,23,25,27). The summed E-state index contributed by atoms with van der Waals surface area (Å²) in [6.07, 6.45) is 2.53. The van der Waals surface area contributed by atoms with Crippen molar-refractivity contribution in [3.8, 4) is 6.07 Å². The summed E-state index contributed by atoms with van der Waals surface area (Å²) < 4.78 is 0. The number of amides is 2. The zero-order valence-electron chi connectivity index (χ0n) is 15.9. The lowest BCUT2D eigenvalue weighted by Crippen LogP contribution is -2.18. The molecule has 2 N–H and O–H groups in total. The zero-order valence-corrected chi connectivity index (χ0v) is 17.6. The van der Waals surface area contributed by atoms with Crippen LogP contribution in [0.5, 0.6) is 0 Å². The smallest absolute Gasteiger partial charge is 0.232 e. The number of thiazole rings is 2. The van der Waals surface area contributed by atoms with Crippen molar-refractivity contribution in [1.82, 2.24) is 9.97 Å². The molecule has 2 heterocycles. The Kier molecular flexibility index (Phi) is 6.69. The Labute approximate surface area is 176 Å². The van der Waals surface area contributed by atoms with Crippen LogP contribution < -0.4 is 10.6 Å². The second-order valence-corrected chi connectivity index (χ2v) is 8.60. The molecule has 2 aromatic heterocycles. The largest absolute Gasteiger partial charge is 0.302 e. The maximum atomic E-state index is 12.3. The Balaban J connectivity index is 1.53. The predicted molar refractivity (Wildman–Crippen MR) is 114 cm³/mol. The lowest BCUT2D eigenvalue weighted by molar-refractivity contribution is -0.119. The first-order valence-electron chi connectivity index (χ1n) is 8.92. The first-order valence-corrected chi connectivity index (χ1v) is 10.6. The summed E-state index contributed by atoms with van der Waals surface area (Å²) >= 11 is 2.71. The van der Waals surface area contributed by atoms with Gasteiger partial charge in [0, 0.05) is 28.8 Å². The van der Waals surface area contributed by atoms with E-state index >= 15 is 0 Å². The van der Waals surface area contributed by atoms with Gasteiger partial charge in [-0.15, -0.1) is 22.7 Å². The van der Waals surface area contributed by atoms with Crippen molar-refractivity contribution in [2.45, 2.75) is 26.7 Å². The van der Waals surface area contributed by atoms with Crippen LogP contribution in [0.25, 0.3) is 0 Å². The second kappa shape index (κ2) is 9.41. The molecule has 0 fully saturated rings. The number of carbonyl (C=O) groups is 2. The normalized spacial score (nSPS) is 10.6. The number of nitrogens with zero attached hydrogens (tertiary/aromatic N) is 3. The van der Waals surface area contributed by atoms with Gasteiger partial charge in [-0.05, 0) is 17.7 Å². The van der Waals surface area contributed by atoms with E-state index in [1.807, 2.05) is 12.1 Å². The molecule has 2 amide bonds. The van der Waals surface area contributed by atoms with Gasteiger partial charge in [-0.3, -0.25) is 9.59 Å². The Hall–Kier alpha value is -3.09. The monoisotopic (exact) mass is 425 g/mol. The highest BCUT2D eigenvalue weighted by Crippen LogP contribution is 2.22. The number of benzene rings is 1. The molecule has 0 aliphatic heterocycles. The van der Waals surface area contributed by atoms with Crippen LogP contribution in [0.15, 0.2) is 35.8 Å². The van der Waals surface area contributed by atoms with Gasteiger partial charge in [-0.25, -0.2) is 9.97 Å². The topological polar surface area (TPSA) is 108 Å². The van der Waals surface area contributed by atoms with E-state index in [0.29, 0.717) is 27.9 Å². The Bertz CT molecular complexity index is 1050. The number of rotatable bonds is 7. The Morgan fingerprint density at radius 3 is 2.62 bits per heavy atom. The van der Waals surface area contributed by atoms with Gasteiger partial charge in [0.25, 0.3) is 0 Å². The molecule has 0 radical (unpaired) electrons. The fourth-order valence-corrected chi connectivity index (χ4v) is 3.94. The third kappa shape index (κ3) is 5.94. The third-order valence-corrected chi connectivity index (χ3v) is 5.63. The fraction of sp³-hybridized carbons (Fsp3) is 0.250. The van der Waals surface area contributed by atoms with Gasteiger partial charge >= 0.3 is 0 Å². The van der Waals surface area contributed by atoms with Crippen LogP contribution in [-0.4, -0.2) is 21.8 Å². The van der Waals surface area contributed by atoms with E-state index in [9.17, 15) is 9.59 Å². The lowest BCUT2D eigenvalue weighted by Gasteiger charge is -2.03. The molecule has 0 saturated carbocycles. The summed E-state index contributed by atoms with van der Waals surface area (Å²) in [5.41, 5.74) is 2.30. The van der Waals surface area contributed by atoms with Crippen molar-refractivity contribution < 1.29 is 9.59 Å². The summed E-state index contributed by atoms with van der Waals surface area (Å²) in [7, 11) is 0. The number of nitrogens with one attached hydrogen (secondary N) is 2. The second-order valence-electron chi connectivity index (χ2n) is 6.63. The molecule has 0 bridgehead atoms. The molecule has 0 aliphatic rings. The minimum atomic E-state index is -0.212. The van der Waals surface area contributed by atoms with Gasteiger partial charge in [0.1, 0.15) is 0 Å². The minimum Gasteiger partial charge on any atom is -0.302 e. The molecule has 9 heteroatoms. The average Bonchev–Trinajstić information content (AvgIpc) is 3.31.